The van der Waals surface area contributed by atoms with E-state index in [9.17, 15) is 23.1 Å². The molecule has 0 unspecified atom stereocenters. The van der Waals surface area contributed by atoms with Crippen molar-refractivity contribution in [2.24, 2.45) is 0 Å². The number of ketones is 1. The lowest BCUT2D eigenvalue weighted by Crippen LogP contribution is -2.47. The molecule has 2 fully saturated rings. The first-order valence-electron chi connectivity index (χ1n) is 12.4. The molecular weight excluding hydrogens is 490 g/mol. The Morgan fingerprint density at radius 3 is 2.43 bits per heavy atom. The lowest BCUT2D eigenvalue weighted by atomic mass is 9.91. The SMILES string of the molecule is CC(=O)CN1CCC(O)(Cn2cc(F)c3c(N(Cc4ccc(C(F)(F)F)cc4)C4CC4)ncnc32)CC1. The number of hydrogen-bond acceptors (Lipinski definition) is 6. The van der Waals surface area contributed by atoms with E-state index in [2.05, 4.69) is 9.97 Å². The summed E-state index contributed by atoms with van der Waals surface area (Å²) < 4.78 is 55.8. The fourth-order valence-corrected chi connectivity index (χ4v) is 5.08. The normalized spacial score (nSPS) is 18.3. The number of carbonyl (C=O) groups excluding carboxylic acids is 1. The van der Waals surface area contributed by atoms with E-state index in [1.807, 2.05) is 9.80 Å². The molecule has 1 saturated carbocycles. The number of halogens is 4. The van der Waals surface area contributed by atoms with Crippen LogP contribution >= 0.6 is 0 Å². The zero-order chi connectivity index (χ0) is 26.4. The van der Waals surface area contributed by atoms with Gasteiger partial charge >= 0.3 is 6.18 Å². The summed E-state index contributed by atoms with van der Waals surface area (Å²) in [6.07, 6.45) is 0.925. The first-order valence-corrected chi connectivity index (χ1v) is 12.4. The van der Waals surface area contributed by atoms with Gasteiger partial charge in [0.05, 0.1) is 29.6 Å². The lowest BCUT2D eigenvalue weighted by molar-refractivity contribution is -0.137. The first-order chi connectivity index (χ1) is 17.5. The van der Waals surface area contributed by atoms with Crippen molar-refractivity contribution in [2.45, 2.75) is 63.5 Å². The van der Waals surface area contributed by atoms with E-state index in [0.717, 1.165) is 25.0 Å². The number of fused-ring (bicyclic) bond motifs is 1. The van der Waals surface area contributed by atoms with Crippen molar-refractivity contribution >= 4 is 22.6 Å². The summed E-state index contributed by atoms with van der Waals surface area (Å²) in [7, 11) is 0. The Hall–Kier alpha value is -3.05. The Kier molecular flexibility index (Phi) is 6.70. The summed E-state index contributed by atoms with van der Waals surface area (Å²) in [5, 5.41) is 11.4. The number of hydrogen-bond donors (Lipinski definition) is 1. The quantitative estimate of drug-likeness (QED) is 0.451. The van der Waals surface area contributed by atoms with Gasteiger partial charge in [0.15, 0.2) is 5.82 Å². The number of nitrogens with zero attached hydrogens (tertiary/aromatic N) is 5. The first kappa shape index (κ1) is 25.6. The zero-order valence-corrected chi connectivity index (χ0v) is 20.5. The fourth-order valence-electron chi connectivity index (χ4n) is 5.08. The highest BCUT2D eigenvalue weighted by molar-refractivity contribution is 5.89. The maximum absolute atomic E-state index is 15.3. The number of benzene rings is 1. The average Bonchev–Trinajstić information content (AvgIpc) is 3.63. The molecule has 5 rings (SSSR count). The minimum Gasteiger partial charge on any atom is -0.388 e. The van der Waals surface area contributed by atoms with Gasteiger partial charge in [0.1, 0.15) is 23.6 Å². The topological polar surface area (TPSA) is 74.5 Å². The van der Waals surface area contributed by atoms with Gasteiger partial charge in [-0.25, -0.2) is 14.4 Å². The summed E-state index contributed by atoms with van der Waals surface area (Å²) in [4.78, 5) is 24.0. The Balaban J connectivity index is 1.39. The molecule has 1 saturated heterocycles. The lowest BCUT2D eigenvalue weighted by Gasteiger charge is -2.38. The summed E-state index contributed by atoms with van der Waals surface area (Å²) in [5.74, 6) is -0.0437. The zero-order valence-electron chi connectivity index (χ0n) is 20.5. The van der Waals surface area contributed by atoms with Gasteiger partial charge in [-0.3, -0.25) is 9.69 Å². The van der Waals surface area contributed by atoms with Gasteiger partial charge in [0.25, 0.3) is 0 Å². The highest BCUT2D eigenvalue weighted by atomic mass is 19.4. The van der Waals surface area contributed by atoms with Gasteiger partial charge in [-0.2, -0.15) is 13.2 Å². The third-order valence-electron chi connectivity index (χ3n) is 7.18. The Labute approximate surface area is 211 Å². The Morgan fingerprint density at radius 2 is 1.84 bits per heavy atom. The fraction of sp³-hybridized carbons (Fsp3) is 0.500. The molecule has 1 aromatic carbocycles. The van der Waals surface area contributed by atoms with Crippen molar-refractivity contribution in [3.8, 4) is 0 Å². The largest absolute Gasteiger partial charge is 0.416 e. The number of aromatic nitrogens is 3. The van der Waals surface area contributed by atoms with Crippen molar-refractivity contribution in [1.82, 2.24) is 19.4 Å². The summed E-state index contributed by atoms with van der Waals surface area (Å²) in [6, 6.07) is 5.08. The highest BCUT2D eigenvalue weighted by Gasteiger charge is 2.36. The molecule has 3 heterocycles. The molecule has 0 amide bonds. The second-order valence-corrected chi connectivity index (χ2v) is 10.3. The van der Waals surface area contributed by atoms with Gasteiger partial charge < -0.3 is 14.6 Å². The summed E-state index contributed by atoms with van der Waals surface area (Å²) >= 11 is 0. The van der Waals surface area contributed by atoms with E-state index in [-0.39, 0.29) is 30.3 Å². The molecule has 11 heteroatoms. The molecular formula is C26H29F4N5O2. The van der Waals surface area contributed by atoms with E-state index in [1.165, 1.54) is 31.6 Å². The maximum Gasteiger partial charge on any atom is 0.416 e. The van der Waals surface area contributed by atoms with E-state index >= 15 is 4.39 Å². The van der Waals surface area contributed by atoms with Crippen molar-refractivity contribution in [3.05, 3.63) is 53.7 Å². The van der Waals surface area contributed by atoms with Gasteiger partial charge in [-0.1, -0.05) is 12.1 Å². The highest BCUT2D eigenvalue weighted by Crippen LogP contribution is 2.38. The number of aliphatic hydroxyl groups is 1. The van der Waals surface area contributed by atoms with Crippen LogP contribution in [0.3, 0.4) is 0 Å². The predicted molar refractivity (Wildman–Crippen MR) is 129 cm³/mol. The van der Waals surface area contributed by atoms with Crippen LogP contribution in [0.15, 0.2) is 36.8 Å². The molecule has 1 N–H and O–H groups in total. The van der Waals surface area contributed by atoms with Crippen molar-refractivity contribution < 1.29 is 27.5 Å². The number of carbonyl (C=O) groups is 1. The molecule has 0 radical (unpaired) electrons. The predicted octanol–water partition coefficient (Wildman–Crippen LogP) is 4.17. The molecule has 0 bridgehead atoms. The van der Waals surface area contributed by atoms with Gasteiger partial charge in [0, 0.05) is 31.9 Å². The Morgan fingerprint density at radius 1 is 1.16 bits per heavy atom. The third kappa shape index (κ3) is 5.62. The number of likely N-dealkylation sites (tertiary alicyclic amines) is 1. The van der Waals surface area contributed by atoms with Crippen molar-refractivity contribution in [2.75, 3.05) is 24.5 Å². The second kappa shape index (κ2) is 9.68. The van der Waals surface area contributed by atoms with E-state index < -0.39 is 23.2 Å². The van der Waals surface area contributed by atoms with Crippen LogP contribution in [0.2, 0.25) is 0 Å². The van der Waals surface area contributed by atoms with Crippen LogP contribution in [0.5, 0.6) is 0 Å². The van der Waals surface area contributed by atoms with E-state index in [1.54, 1.807) is 4.57 Å². The molecule has 7 nitrogen and oxygen atoms in total. The van der Waals surface area contributed by atoms with Crippen LogP contribution in [0.4, 0.5) is 23.4 Å². The second-order valence-electron chi connectivity index (χ2n) is 10.3. The monoisotopic (exact) mass is 519 g/mol. The molecule has 37 heavy (non-hydrogen) atoms. The van der Waals surface area contributed by atoms with Gasteiger partial charge in [-0.05, 0) is 50.3 Å². The number of alkyl halides is 3. The van der Waals surface area contributed by atoms with E-state index in [0.29, 0.717) is 49.5 Å². The molecule has 2 aliphatic rings. The van der Waals surface area contributed by atoms with Crippen molar-refractivity contribution in [1.29, 1.82) is 0 Å². The molecule has 1 aliphatic heterocycles. The minimum atomic E-state index is -4.41. The average molecular weight is 520 g/mol. The molecule has 2 aromatic heterocycles. The number of anilines is 1. The van der Waals surface area contributed by atoms with Crippen LogP contribution in [0.1, 0.15) is 43.7 Å². The number of rotatable bonds is 8. The minimum absolute atomic E-state index is 0.0738. The van der Waals surface area contributed by atoms with Crippen LogP contribution < -0.4 is 4.90 Å². The summed E-state index contributed by atoms with van der Waals surface area (Å²) in [5.41, 5.74) is -0.752. The van der Waals surface area contributed by atoms with Crippen LogP contribution in [-0.4, -0.2) is 61.6 Å². The molecule has 198 valence electrons. The third-order valence-corrected chi connectivity index (χ3v) is 7.18. The maximum atomic E-state index is 15.3. The van der Waals surface area contributed by atoms with Crippen LogP contribution in [0, 0.1) is 5.82 Å². The summed E-state index contributed by atoms with van der Waals surface area (Å²) in [6.45, 7) is 3.47. The molecule has 3 aromatic rings. The molecule has 0 spiro atoms. The van der Waals surface area contributed by atoms with Gasteiger partial charge in [0.2, 0.25) is 0 Å². The molecule has 0 atom stereocenters. The van der Waals surface area contributed by atoms with Crippen molar-refractivity contribution in [3.63, 3.8) is 0 Å². The Bertz CT molecular complexity index is 1280. The molecule has 1 aliphatic carbocycles. The van der Waals surface area contributed by atoms with Crippen LogP contribution in [-0.2, 0) is 24.1 Å². The van der Waals surface area contributed by atoms with E-state index in [4.69, 9.17) is 0 Å². The van der Waals surface area contributed by atoms with Gasteiger partial charge in [-0.15, -0.1) is 0 Å². The number of piperidine rings is 1. The number of Topliss-reactive ketones (excluding diaryl/α,β-unsaturated/α-hetero) is 1. The standard InChI is InChI=1S/C26H29F4N5O2/c1-17(36)12-33-10-8-25(37,9-11-33)15-34-14-21(27)22-23(34)31-16-32-24(22)35(20-6-7-20)13-18-2-4-19(5-3-18)26(28,29)30/h2-5,14,16,20,37H,6-13,15H2,1H3. The smallest absolute Gasteiger partial charge is 0.388 e. The van der Waals surface area contributed by atoms with Crippen LogP contribution in [0.25, 0.3) is 11.0 Å².